The lowest BCUT2D eigenvalue weighted by molar-refractivity contribution is -0.270. The molecule has 0 saturated heterocycles. The summed E-state index contributed by atoms with van der Waals surface area (Å²) < 4.78 is 12.8. The van der Waals surface area contributed by atoms with Crippen LogP contribution in [0, 0.1) is 0 Å². The van der Waals surface area contributed by atoms with Crippen LogP contribution in [0.1, 0.15) is 21.0 Å². The predicted molar refractivity (Wildman–Crippen MR) is 38.6 cm³/mol. The van der Waals surface area contributed by atoms with E-state index in [4.69, 9.17) is 0 Å². The van der Waals surface area contributed by atoms with Crippen molar-refractivity contribution < 1.29 is 28.7 Å². The molecule has 1 aromatic heterocycles. The van der Waals surface area contributed by atoms with Gasteiger partial charge in [-0.15, -0.1) is 0 Å². The molecule has 0 N–H and O–H groups in total. The van der Waals surface area contributed by atoms with Gasteiger partial charge in [0.2, 0.25) is 5.76 Å². The third-order valence-electron chi connectivity index (χ3n) is 1.40. The third kappa shape index (κ3) is 1.51. The van der Waals surface area contributed by atoms with E-state index in [2.05, 4.69) is 19.2 Å². The van der Waals surface area contributed by atoms with Crippen LogP contribution in [0.3, 0.4) is 0 Å². The molecule has 0 amide bonds. The second-order valence-electron chi connectivity index (χ2n) is 2.17. The van der Waals surface area contributed by atoms with E-state index < -0.39 is 29.1 Å². The second-order valence-corrected chi connectivity index (χ2v) is 2.17. The quantitative estimate of drug-likeness (QED) is 0.582. The number of hydrogen-bond acceptors (Lipinski definition) is 7. The average molecular weight is 200 g/mol. The molecule has 0 aliphatic carbocycles. The molecule has 0 atom stereocenters. The van der Waals surface area contributed by atoms with E-state index in [0.717, 1.165) is 14.2 Å². The van der Waals surface area contributed by atoms with E-state index in [9.17, 15) is 14.7 Å². The molecule has 7 heteroatoms. The van der Waals surface area contributed by atoms with Crippen LogP contribution >= 0.6 is 0 Å². The first-order valence-electron chi connectivity index (χ1n) is 3.45. The van der Waals surface area contributed by atoms with Gasteiger partial charge in [-0.2, -0.15) is 0 Å². The lowest BCUT2D eigenvalue weighted by Crippen LogP contribution is -2.09. The van der Waals surface area contributed by atoms with E-state index in [1.807, 2.05) is 0 Å². The van der Waals surface area contributed by atoms with Gasteiger partial charge in [-0.25, -0.2) is 9.59 Å². The summed E-state index contributed by atoms with van der Waals surface area (Å²) in [6, 6.07) is 0. The minimum absolute atomic E-state index is 0.576. The largest absolute Gasteiger partial charge is 0.868 e. The summed E-state index contributed by atoms with van der Waals surface area (Å²) in [5.74, 6) is -3.54. The molecule has 76 valence electrons. The van der Waals surface area contributed by atoms with Crippen LogP contribution in [0.4, 0.5) is 0 Å². The Morgan fingerprint density at radius 3 is 2.36 bits per heavy atom. The van der Waals surface area contributed by atoms with Crippen LogP contribution in [0.5, 0.6) is 5.75 Å². The Morgan fingerprint density at radius 2 is 1.86 bits per heavy atom. The lowest BCUT2D eigenvalue weighted by atomic mass is 10.3. The van der Waals surface area contributed by atoms with Gasteiger partial charge in [0.05, 0.1) is 14.2 Å². The maximum absolute atomic E-state index is 11.2. The van der Waals surface area contributed by atoms with E-state index in [-0.39, 0.29) is 0 Å². The van der Waals surface area contributed by atoms with E-state index in [1.165, 1.54) is 0 Å². The van der Waals surface area contributed by atoms with Crippen LogP contribution < -0.4 is 5.11 Å². The summed E-state index contributed by atoms with van der Waals surface area (Å²) in [5, 5.41) is 14.3. The van der Waals surface area contributed by atoms with Crippen molar-refractivity contribution in [2.75, 3.05) is 14.2 Å². The number of hydrogen-bond donors (Lipinski definition) is 0. The Labute approximate surface area is 78.2 Å². The van der Waals surface area contributed by atoms with Crippen molar-refractivity contribution in [1.29, 1.82) is 0 Å². The van der Waals surface area contributed by atoms with Gasteiger partial charge in [0.25, 0.3) is 0 Å². The maximum atomic E-state index is 11.2. The monoisotopic (exact) mass is 200 g/mol. The first-order chi connectivity index (χ1) is 6.61. The maximum Gasteiger partial charge on any atom is 0.376 e. The minimum Gasteiger partial charge on any atom is -0.868 e. The lowest BCUT2D eigenvalue weighted by Gasteiger charge is -2.03. The van der Waals surface area contributed by atoms with Gasteiger partial charge in [0.1, 0.15) is 0 Å². The minimum atomic E-state index is -0.988. The van der Waals surface area contributed by atoms with Gasteiger partial charge in [0.15, 0.2) is 5.69 Å². The predicted octanol–water partition coefficient (Wildman–Crippen LogP) is -0.679. The Bertz CT molecular complexity index is 335. The molecule has 1 rings (SSSR count). The Kier molecular flexibility index (Phi) is 2.70. The fourth-order valence-electron chi connectivity index (χ4n) is 0.731. The fourth-order valence-corrected chi connectivity index (χ4v) is 0.731. The van der Waals surface area contributed by atoms with E-state index in [1.54, 1.807) is 0 Å². The molecule has 7 nitrogen and oxygen atoms in total. The molecule has 0 aromatic carbocycles. The number of carbonyl (C=O) groups is 2. The number of aromatic nitrogens is 1. The molecule has 0 fully saturated rings. The molecule has 1 heterocycles. The molecule has 0 radical (unpaired) electrons. The summed E-state index contributed by atoms with van der Waals surface area (Å²) in [7, 11) is 2.15. The van der Waals surface area contributed by atoms with Gasteiger partial charge in [0, 0.05) is 0 Å². The van der Waals surface area contributed by atoms with Crippen molar-refractivity contribution in [1.82, 2.24) is 5.16 Å². The van der Waals surface area contributed by atoms with Gasteiger partial charge in [-0.3, -0.25) is 0 Å². The first kappa shape index (κ1) is 10.0. The topological polar surface area (TPSA) is 102 Å². The number of ether oxygens (including phenoxy) is 2. The van der Waals surface area contributed by atoms with Crippen LogP contribution in [0.25, 0.3) is 0 Å². The fraction of sp³-hybridized carbons (Fsp3) is 0.286. The molecule has 0 saturated carbocycles. The normalized spacial score (nSPS) is 9.57. The average Bonchev–Trinajstić information content (AvgIpc) is 2.58. The number of nitrogens with zero attached hydrogens (tertiary/aromatic N) is 1. The van der Waals surface area contributed by atoms with Crippen molar-refractivity contribution in [3.63, 3.8) is 0 Å². The molecule has 0 bridgehead atoms. The molecular weight excluding hydrogens is 194 g/mol. The smallest absolute Gasteiger partial charge is 0.376 e. The van der Waals surface area contributed by atoms with Crippen molar-refractivity contribution >= 4 is 11.9 Å². The van der Waals surface area contributed by atoms with Gasteiger partial charge in [-0.1, -0.05) is 5.16 Å². The first-order valence-corrected chi connectivity index (χ1v) is 3.45. The Hall–Kier alpha value is -2.05. The van der Waals surface area contributed by atoms with Crippen molar-refractivity contribution in [2.45, 2.75) is 0 Å². The van der Waals surface area contributed by atoms with Crippen LogP contribution in [0.2, 0.25) is 0 Å². The Balaban J connectivity index is 3.08. The Morgan fingerprint density at radius 1 is 1.29 bits per heavy atom. The van der Waals surface area contributed by atoms with Crippen LogP contribution in [-0.2, 0) is 9.47 Å². The standard InChI is InChI=1S/C7H7NO6/c1-12-6(10)3-4(9)5(14-8-3)7(11)13-2/h9H,1-2H3/p-1. The second kappa shape index (κ2) is 3.77. The summed E-state index contributed by atoms with van der Waals surface area (Å²) in [6.45, 7) is 0. The third-order valence-corrected chi connectivity index (χ3v) is 1.40. The van der Waals surface area contributed by atoms with Crippen LogP contribution in [0.15, 0.2) is 4.52 Å². The zero-order valence-corrected chi connectivity index (χ0v) is 7.40. The molecule has 0 spiro atoms. The highest BCUT2D eigenvalue weighted by Gasteiger charge is 2.20. The zero-order valence-electron chi connectivity index (χ0n) is 7.40. The molecule has 14 heavy (non-hydrogen) atoms. The highest BCUT2D eigenvalue weighted by molar-refractivity contribution is 5.96. The van der Waals surface area contributed by atoms with Crippen molar-refractivity contribution in [3.8, 4) is 5.75 Å². The van der Waals surface area contributed by atoms with Crippen LogP contribution in [-0.4, -0.2) is 31.3 Å². The highest BCUT2D eigenvalue weighted by atomic mass is 16.6. The van der Waals surface area contributed by atoms with E-state index >= 15 is 0 Å². The van der Waals surface area contributed by atoms with Gasteiger partial charge in [-0.05, 0) is 5.75 Å². The number of esters is 2. The van der Waals surface area contributed by atoms with Crippen molar-refractivity contribution in [2.24, 2.45) is 0 Å². The number of carbonyl (C=O) groups excluding carboxylic acids is 2. The number of rotatable bonds is 2. The summed E-state index contributed by atoms with van der Waals surface area (Å²) in [6.07, 6.45) is 0. The molecule has 1 aromatic rings. The van der Waals surface area contributed by atoms with Gasteiger partial charge < -0.3 is 19.1 Å². The van der Waals surface area contributed by atoms with Crippen molar-refractivity contribution in [3.05, 3.63) is 11.5 Å². The summed E-state index contributed by atoms with van der Waals surface area (Å²) in [5.41, 5.74) is -0.576. The SMILES string of the molecule is COC(=O)c1noc(C(=O)OC)c1[O-]. The summed E-state index contributed by atoms with van der Waals surface area (Å²) in [4.78, 5) is 21.7. The van der Waals surface area contributed by atoms with E-state index in [0.29, 0.717) is 0 Å². The zero-order chi connectivity index (χ0) is 10.7. The molecular formula is C7H6NO6-. The molecule has 0 unspecified atom stereocenters. The van der Waals surface area contributed by atoms with Gasteiger partial charge >= 0.3 is 11.9 Å². The summed E-state index contributed by atoms with van der Waals surface area (Å²) >= 11 is 0. The highest BCUT2D eigenvalue weighted by Crippen LogP contribution is 2.19. The molecule has 0 aliphatic rings. The molecule has 0 aliphatic heterocycles. The number of methoxy groups -OCH3 is 2.